The Balaban J connectivity index is 1.55. The molecule has 0 aliphatic rings. The van der Waals surface area contributed by atoms with E-state index in [-0.39, 0.29) is 12.3 Å². The van der Waals surface area contributed by atoms with Gasteiger partial charge in [0, 0.05) is 5.69 Å². The second-order valence-corrected chi connectivity index (χ2v) is 5.27. The molecule has 0 bridgehead atoms. The van der Waals surface area contributed by atoms with E-state index in [1.807, 2.05) is 28.8 Å². The number of nitrogens with one attached hydrogen (secondary N) is 1. The average Bonchev–Trinajstić information content (AvgIpc) is 2.98. The zero-order valence-electron chi connectivity index (χ0n) is 13.0. The third-order valence-corrected chi connectivity index (χ3v) is 3.53. The van der Waals surface area contributed by atoms with Crippen LogP contribution in [0.15, 0.2) is 54.9 Å². The monoisotopic (exact) mass is 349 g/mol. The third kappa shape index (κ3) is 4.09. The van der Waals surface area contributed by atoms with Crippen molar-refractivity contribution in [3.8, 4) is 0 Å². The zero-order valence-corrected chi connectivity index (χ0v) is 13.0. The van der Waals surface area contributed by atoms with Gasteiger partial charge in [0.15, 0.2) is 0 Å². The molecule has 0 atom stereocenters. The van der Waals surface area contributed by atoms with E-state index < -0.39 is 17.8 Å². The molecule has 3 rings (SSSR count). The lowest BCUT2D eigenvalue weighted by Gasteiger charge is -2.10. The number of nitrogens with zero attached hydrogens (tertiary/aromatic N) is 2. The summed E-state index contributed by atoms with van der Waals surface area (Å²) in [5, 5.41) is 2.29. The standard InChI is InChI=1S/C17H14F3N3O2/c18-17(19,20)12-4-3-5-13(10-12)22-16(24)25-9-8-23-11-21-14-6-1-2-7-15(14)23/h1-7,10-11H,8-9H2,(H,22,24). The van der Waals surface area contributed by atoms with Crippen molar-refractivity contribution in [2.24, 2.45) is 0 Å². The van der Waals surface area contributed by atoms with Gasteiger partial charge in [-0.3, -0.25) is 5.32 Å². The molecular weight excluding hydrogens is 335 g/mol. The van der Waals surface area contributed by atoms with Crippen LogP contribution in [0.4, 0.5) is 23.7 Å². The van der Waals surface area contributed by atoms with Crippen molar-refractivity contribution in [2.75, 3.05) is 11.9 Å². The van der Waals surface area contributed by atoms with Crippen LogP contribution in [-0.2, 0) is 17.5 Å². The largest absolute Gasteiger partial charge is 0.447 e. The SMILES string of the molecule is O=C(Nc1cccc(C(F)(F)F)c1)OCCn1cnc2ccccc21. The molecule has 8 heteroatoms. The maximum absolute atomic E-state index is 12.6. The van der Waals surface area contributed by atoms with E-state index in [2.05, 4.69) is 10.3 Å². The molecule has 0 saturated heterocycles. The number of alkyl halides is 3. The number of halogens is 3. The Morgan fingerprint density at radius 1 is 1.16 bits per heavy atom. The van der Waals surface area contributed by atoms with Gasteiger partial charge in [0.25, 0.3) is 0 Å². The van der Waals surface area contributed by atoms with Gasteiger partial charge in [-0.2, -0.15) is 13.2 Å². The fourth-order valence-electron chi connectivity index (χ4n) is 2.35. The Hall–Kier alpha value is -3.03. The van der Waals surface area contributed by atoms with Crippen LogP contribution in [0.5, 0.6) is 0 Å². The quantitative estimate of drug-likeness (QED) is 0.764. The Bertz CT molecular complexity index is 890. The van der Waals surface area contributed by atoms with Crippen molar-refractivity contribution in [1.82, 2.24) is 9.55 Å². The first-order chi connectivity index (χ1) is 11.9. The number of benzene rings is 2. The summed E-state index contributed by atoms with van der Waals surface area (Å²) in [5.41, 5.74) is 0.920. The van der Waals surface area contributed by atoms with E-state index >= 15 is 0 Å². The van der Waals surface area contributed by atoms with Gasteiger partial charge in [-0.05, 0) is 30.3 Å². The molecule has 1 amide bonds. The highest BCUT2D eigenvalue weighted by molar-refractivity contribution is 5.84. The zero-order chi connectivity index (χ0) is 17.9. The first-order valence-electron chi connectivity index (χ1n) is 7.44. The van der Waals surface area contributed by atoms with Crippen LogP contribution < -0.4 is 5.32 Å². The van der Waals surface area contributed by atoms with Crippen LogP contribution in [-0.4, -0.2) is 22.3 Å². The van der Waals surface area contributed by atoms with Crippen molar-refractivity contribution in [2.45, 2.75) is 12.7 Å². The minimum Gasteiger partial charge on any atom is -0.447 e. The van der Waals surface area contributed by atoms with E-state index in [1.54, 1.807) is 6.33 Å². The minimum absolute atomic E-state index is 0.0212. The van der Waals surface area contributed by atoms with Crippen LogP contribution in [0.3, 0.4) is 0 Å². The predicted octanol–water partition coefficient (Wildman–Crippen LogP) is 4.30. The molecule has 130 valence electrons. The predicted molar refractivity (Wildman–Crippen MR) is 86.1 cm³/mol. The van der Waals surface area contributed by atoms with Gasteiger partial charge >= 0.3 is 12.3 Å². The Labute approximate surface area is 141 Å². The average molecular weight is 349 g/mol. The van der Waals surface area contributed by atoms with Crippen molar-refractivity contribution >= 4 is 22.8 Å². The smallest absolute Gasteiger partial charge is 0.416 e. The molecule has 0 unspecified atom stereocenters. The number of anilines is 1. The second kappa shape index (κ2) is 6.84. The van der Waals surface area contributed by atoms with Crippen molar-refractivity contribution < 1.29 is 22.7 Å². The number of amides is 1. The van der Waals surface area contributed by atoms with E-state index in [0.717, 1.165) is 23.2 Å². The molecule has 2 aromatic carbocycles. The number of fused-ring (bicyclic) bond motifs is 1. The van der Waals surface area contributed by atoms with E-state index in [4.69, 9.17) is 4.74 Å². The summed E-state index contributed by atoms with van der Waals surface area (Å²) < 4.78 is 44.8. The lowest BCUT2D eigenvalue weighted by molar-refractivity contribution is -0.137. The first-order valence-corrected chi connectivity index (χ1v) is 7.44. The first kappa shape index (κ1) is 16.8. The Morgan fingerprint density at radius 2 is 1.96 bits per heavy atom. The molecule has 1 N–H and O–H groups in total. The molecule has 0 aliphatic heterocycles. The van der Waals surface area contributed by atoms with Crippen LogP contribution in [0.2, 0.25) is 0 Å². The highest BCUT2D eigenvalue weighted by Crippen LogP contribution is 2.30. The molecular formula is C17H14F3N3O2. The molecule has 3 aromatic rings. The van der Waals surface area contributed by atoms with E-state index in [1.165, 1.54) is 12.1 Å². The number of hydrogen-bond acceptors (Lipinski definition) is 3. The lowest BCUT2D eigenvalue weighted by Crippen LogP contribution is -2.17. The third-order valence-electron chi connectivity index (χ3n) is 3.53. The summed E-state index contributed by atoms with van der Waals surface area (Å²) in [6, 6.07) is 11.9. The minimum atomic E-state index is -4.47. The number of imidazole rings is 1. The fraction of sp³-hybridized carbons (Fsp3) is 0.176. The molecule has 1 heterocycles. The van der Waals surface area contributed by atoms with Crippen LogP contribution in [0, 0.1) is 0 Å². The number of carbonyl (C=O) groups excluding carboxylic acids is 1. The van der Waals surface area contributed by atoms with Gasteiger partial charge < -0.3 is 9.30 Å². The van der Waals surface area contributed by atoms with Crippen molar-refractivity contribution in [3.63, 3.8) is 0 Å². The highest BCUT2D eigenvalue weighted by atomic mass is 19.4. The summed E-state index contributed by atoms with van der Waals surface area (Å²) >= 11 is 0. The normalized spacial score (nSPS) is 11.5. The van der Waals surface area contributed by atoms with Crippen molar-refractivity contribution in [3.05, 3.63) is 60.4 Å². The molecule has 5 nitrogen and oxygen atoms in total. The summed E-state index contributed by atoms with van der Waals surface area (Å²) in [5.74, 6) is 0. The van der Waals surface area contributed by atoms with Gasteiger partial charge in [-0.15, -0.1) is 0 Å². The van der Waals surface area contributed by atoms with Crippen molar-refractivity contribution in [1.29, 1.82) is 0 Å². The summed E-state index contributed by atoms with van der Waals surface area (Å²) in [6.45, 7) is 0.446. The molecule has 0 radical (unpaired) electrons. The topological polar surface area (TPSA) is 56.1 Å². The molecule has 0 fully saturated rings. The van der Waals surface area contributed by atoms with Crippen LogP contribution in [0.25, 0.3) is 11.0 Å². The van der Waals surface area contributed by atoms with Gasteiger partial charge in [0.05, 0.1) is 29.5 Å². The summed E-state index contributed by atoms with van der Waals surface area (Å²) in [6.07, 6.45) is -3.65. The highest BCUT2D eigenvalue weighted by Gasteiger charge is 2.30. The number of rotatable bonds is 4. The molecule has 0 aliphatic carbocycles. The fourth-order valence-corrected chi connectivity index (χ4v) is 2.35. The van der Waals surface area contributed by atoms with Crippen LogP contribution >= 0.6 is 0 Å². The van der Waals surface area contributed by atoms with Crippen LogP contribution in [0.1, 0.15) is 5.56 Å². The van der Waals surface area contributed by atoms with Gasteiger partial charge in [-0.25, -0.2) is 9.78 Å². The lowest BCUT2D eigenvalue weighted by atomic mass is 10.2. The number of carbonyl (C=O) groups is 1. The molecule has 0 saturated carbocycles. The summed E-state index contributed by atoms with van der Waals surface area (Å²) in [7, 11) is 0. The number of hydrogen-bond donors (Lipinski definition) is 1. The molecule has 0 spiro atoms. The number of ether oxygens (including phenoxy) is 1. The summed E-state index contributed by atoms with van der Waals surface area (Å²) in [4.78, 5) is 15.9. The van der Waals surface area contributed by atoms with Gasteiger partial charge in [-0.1, -0.05) is 18.2 Å². The maximum Gasteiger partial charge on any atom is 0.416 e. The molecule has 1 aromatic heterocycles. The number of aromatic nitrogens is 2. The van der Waals surface area contributed by atoms with E-state index in [0.29, 0.717) is 6.54 Å². The number of para-hydroxylation sites is 2. The van der Waals surface area contributed by atoms with E-state index in [9.17, 15) is 18.0 Å². The maximum atomic E-state index is 12.6. The molecule has 25 heavy (non-hydrogen) atoms. The Morgan fingerprint density at radius 3 is 2.76 bits per heavy atom. The van der Waals surface area contributed by atoms with Gasteiger partial charge in [0.2, 0.25) is 0 Å². The van der Waals surface area contributed by atoms with Gasteiger partial charge in [0.1, 0.15) is 6.61 Å². The Kier molecular flexibility index (Phi) is 4.60. The second-order valence-electron chi connectivity index (χ2n) is 5.27.